The average molecular weight is 279 g/mol. The number of carbonyl (C=O) groups excluding carboxylic acids is 1. The van der Waals surface area contributed by atoms with Gasteiger partial charge in [-0.3, -0.25) is 9.59 Å². The molecule has 0 aliphatic rings. The van der Waals surface area contributed by atoms with E-state index >= 15 is 0 Å². The Hall–Kier alpha value is -1.88. The maximum absolute atomic E-state index is 12.0. The number of aliphatic carboxylic acids is 1. The fraction of sp³-hybridized carbons (Fsp3) is 0.467. The van der Waals surface area contributed by atoms with Gasteiger partial charge in [0.15, 0.2) is 0 Å². The summed E-state index contributed by atoms with van der Waals surface area (Å²) in [4.78, 5) is 22.7. The second-order valence-electron chi connectivity index (χ2n) is 4.52. The number of carbonyl (C=O) groups is 2. The van der Waals surface area contributed by atoms with E-state index in [4.69, 9.17) is 9.84 Å². The van der Waals surface area contributed by atoms with Gasteiger partial charge in [-0.05, 0) is 32.4 Å². The molecule has 0 saturated heterocycles. The minimum absolute atomic E-state index is 0.275. The van der Waals surface area contributed by atoms with E-state index < -0.39 is 12.0 Å². The lowest BCUT2D eigenvalue weighted by molar-refractivity contribution is -0.145. The van der Waals surface area contributed by atoms with Crippen molar-refractivity contribution in [1.29, 1.82) is 0 Å². The maximum Gasteiger partial charge on any atom is 0.320 e. The smallest absolute Gasteiger partial charge is 0.320 e. The highest BCUT2D eigenvalue weighted by Crippen LogP contribution is 2.20. The summed E-state index contributed by atoms with van der Waals surface area (Å²) in [5.41, 5.74) is 0.885. The van der Waals surface area contributed by atoms with E-state index in [0.717, 1.165) is 5.56 Å². The topological polar surface area (TPSA) is 75.6 Å². The Balaban J connectivity index is 2.65. The third-order valence-corrected chi connectivity index (χ3v) is 3.03. The fourth-order valence-electron chi connectivity index (χ4n) is 1.88. The van der Waals surface area contributed by atoms with Gasteiger partial charge < -0.3 is 15.2 Å². The Morgan fingerprint density at radius 3 is 2.50 bits per heavy atom. The first-order chi connectivity index (χ1) is 9.56. The molecule has 0 saturated carbocycles. The summed E-state index contributed by atoms with van der Waals surface area (Å²) in [6, 6.07) is 8.75. The molecule has 1 aromatic carbocycles. The van der Waals surface area contributed by atoms with Gasteiger partial charge in [0.25, 0.3) is 0 Å². The molecule has 0 fully saturated rings. The van der Waals surface area contributed by atoms with Crippen LogP contribution in [0.1, 0.15) is 31.7 Å². The molecule has 0 radical (unpaired) electrons. The average Bonchev–Trinajstić information content (AvgIpc) is 2.44. The van der Waals surface area contributed by atoms with E-state index in [1.807, 2.05) is 30.3 Å². The number of benzene rings is 1. The van der Waals surface area contributed by atoms with Crippen LogP contribution >= 0.6 is 0 Å². The highest BCUT2D eigenvalue weighted by Gasteiger charge is 2.22. The molecule has 1 unspecified atom stereocenters. The van der Waals surface area contributed by atoms with E-state index in [2.05, 4.69) is 5.32 Å². The molecule has 2 atom stereocenters. The van der Waals surface area contributed by atoms with Crippen LogP contribution in [0.2, 0.25) is 0 Å². The number of esters is 1. The van der Waals surface area contributed by atoms with E-state index in [1.165, 1.54) is 0 Å². The molecule has 20 heavy (non-hydrogen) atoms. The molecule has 1 aromatic rings. The van der Waals surface area contributed by atoms with E-state index in [1.54, 1.807) is 13.8 Å². The Morgan fingerprint density at radius 2 is 1.95 bits per heavy atom. The highest BCUT2D eigenvalue weighted by atomic mass is 16.5. The van der Waals surface area contributed by atoms with Crippen LogP contribution in [0.25, 0.3) is 0 Å². The van der Waals surface area contributed by atoms with Gasteiger partial charge in [0.2, 0.25) is 0 Å². The maximum atomic E-state index is 12.0. The summed E-state index contributed by atoms with van der Waals surface area (Å²) in [5.74, 6) is -1.55. The predicted octanol–water partition coefficient (Wildman–Crippen LogP) is 1.79. The van der Waals surface area contributed by atoms with Crippen LogP contribution < -0.4 is 5.32 Å². The van der Waals surface area contributed by atoms with Crippen LogP contribution in [-0.2, 0) is 14.3 Å². The van der Waals surface area contributed by atoms with Crippen molar-refractivity contribution in [3.63, 3.8) is 0 Å². The molecule has 0 amide bonds. The van der Waals surface area contributed by atoms with Crippen LogP contribution in [-0.4, -0.2) is 36.2 Å². The number of hydrogen-bond donors (Lipinski definition) is 2. The van der Waals surface area contributed by atoms with Gasteiger partial charge in [0.1, 0.15) is 6.04 Å². The molecule has 0 aliphatic heterocycles. The van der Waals surface area contributed by atoms with Gasteiger partial charge in [0, 0.05) is 0 Å². The quantitative estimate of drug-likeness (QED) is 0.709. The number of rotatable bonds is 8. The lowest BCUT2D eigenvalue weighted by Crippen LogP contribution is -2.35. The van der Waals surface area contributed by atoms with Crippen LogP contribution in [0.4, 0.5) is 0 Å². The summed E-state index contributed by atoms with van der Waals surface area (Å²) in [6.07, 6.45) is 0.500. The summed E-state index contributed by atoms with van der Waals surface area (Å²) in [7, 11) is 0. The molecule has 0 spiro atoms. The Kier molecular flexibility index (Phi) is 6.73. The highest BCUT2D eigenvalue weighted by molar-refractivity contribution is 5.78. The van der Waals surface area contributed by atoms with Crippen molar-refractivity contribution in [2.24, 2.45) is 0 Å². The van der Waals surface area contributed by atoms with Crippen molar-refractivity contribution in [2.75, 3.05) is 13.2 Å². The lowest BCUT2D eigenvalue weighted by Gasteiger charge is -2.17. The second-order valence-corrected chi connectivity index (χ2v) is 4.52. The number of carboxylic acid groups (broad SMARTS) is 1. The van der Waals surface area contributed by atoms with Gasteiger partial charge in [0.05, 0.1) is 12.5 Å². The van der Waals surface area contributed by atoms with Gasteiger partial charge in [-0.1, -0.05) is 30.3 Å². The van der Waals surface area contributed by atoms with Crippen molar-refractivity contribution in [3.05, 3.63) is 35.9 Å². The Bertz CT molecular complexity index is 433. The minimum Gasteiger partial charge on any atom is -0.480 e. The standard InChI is InChI=1S/C15H21NO4/c1-3-20-15(19)13(12-7-5-4-6-8-12)9-10-16-11(2)14(17)18/h4-8,11,13,16H,3,9-10H2,1-2H3,(H,17,18)/t11-,13?/m0/s1. The number of hydrogen-bond acceptors (Lipinski definition) is 4. The number of carboxylic acids is 1. The Labute approximate surface area is 118 Å². The predicted molar refractivity (Wildman–Crippen MR) is 75.5 cm³/mol. The third kappa shape index (κ3) is 5.01. The molecule has 5 heteroatoms. The number of ether oxygens (including phenoxy) is 1. The molecular weight excluding hydrogens is 258 g/mol. The molecule has 5 nitrogen and oxygen atoms in total. The summed E-state index contributed by atoms with van der Waals surface area (Å²) >= 11 is 0. The molecule has 2 N–H and O–H groups in total. The van der Waals surface area contributed by atoms with Gasteiger partial charge in [-0.15, -0.1) is 0 Å². The Morgan fingerprint density at radius 1 is 1.30 bits per heavy atom. The fourth-order valence-corrected chi connectivity index (χ4v) is 1.88. The summed E-state index contributed by atoms with van der Waals surface area (Å²) in [5, 5.41) is 11.7. The van der Waals surface area contributed by atoms with Crippen LogP contribution in [0.3, 0.4) is 0 Å². The first-order valence-electron chi connectivity index (χ1n) is 6.74. The van der Waals surface area contributed by atoms with Crippen molar-refractivity contribution in [1.82, 2.24) is 5.32 Å². The zero-order valence-corrected chi connectivity index (χ0v) is 11.8. The van der Waals surface area contributed by atoms with Crippen LogP contribution in [0, 0.1) is 0 Å². The largest absolute Gasteiger partial charge is 0.480 e. The van der Waals surface area contributed by atoms with Gasteiger partial charge in [-0.25, -0.2) is 0 Å². The van der Waals surface area contributed by atoms with Crippen molar-refractivity contribution in [3.8, 4) is 0 Å². The van der Waals surface area contributed by atoms with Crippen molar-refractivity contribution in [2.45, 2.75) is 32.2 Å². The molecule has 0 bridgehead atoms. The zero-order chi connectivity index (χ0) is 15.0. The zero-order valence-electron chi connectivity index (χ0n) is 11.8. The van der Waals surface area contributed by atoms with E-state index in [-0.39, 0.29) is 11.9 Å². The monoisotopic (exact) mass is 279 g/mol. The number of nitrogens with one attached hydrogen (secondary N) is 1. The molecule has 0 aromatic heterocycles. The molecule has 1 rings (SSSR count). The van der Waals surface area contributed by atoms with Crippen molar-refractivity contribution < 1.29 is 19.4 Å². The van der Waals surface area contributed by atoms with E-state index in [0.29, 0.717) is 19.6 Å². The minimum atomic E-state index is -0.905. The first kappa shape index (κ1) is 16.2. The van der Waals surface area contributed by atoms with Crippen LogP contribution in [0.15, 0.2) is 30.3 Å². The molecule has 0 heterocycles. The van der Waals surface area contributed by atoms with E-state index in [9.17, 15) is 9.59 Å². The van der Waals surface area contributed by atoms with Gasteiger partial charge >= 0.3 is 11.9 Å². The van der Waals surface area contributed by atoms with Crippen LogP contribution in [0.5, 0.6) is 0 Å². The van der Waals surface area contributed by atoms with Gasteiger partial charge in [-0.2, -0.15) is 0 Å². The van der Waals surface area contributed by atoms with Crippen molar-refractivity contribution >= 4 is 11.9 Å². The molecule has 110 valence electrons. The first-order valence-corrected chi connectivity index (χ1v) is 6.74. The summed E-state index contributed by atoms with van der Waals surface area (Å²) in [6.45, 7) is 4.11. The molecule has 0 aliphatic carbocycles. The summed E-state index contributed by atoms with van der Waals surface area (Å²) < 4.78 is 5.08. The second kappa shape index (κ2) is 8.32. The molecular formula is C15H21NO4. The SMILES string of the molecule is CCOC(=O)C(CCN[C@@H](C)C(=O)O)c1ccccc1. The lowest BCUT2D eigenvalue weighted by atomic mass is 9.95. The normalized spacial score (nSPS) is 13.5. The third-order valence-electron chi connectivity index (χ3n) is 3.03.